The zero-order valence-electron chi connectivity index (χ0n) is 14.2. The molecule has 2 heterocycles. The number of benzene rings is 1. The topological polar surface area (TPSA) is 81.2 Å². The zero-order chi connectivity index (χ0) is 17.4. The highest BCUT2D eigenvalue weighted by Gasteiger charge is 2.29. The summed E-state index contributed by atoms with van der Waals surface area (Å²) < 4.78 is 10.7. The van der Waals surface area contributed by atoms with Crippen LogP contribution in [-0.4, -0.2) is 16.0 Å². The molecule has 1 aliphatic carbocycles. The van der Waals surface area contributed by atoms with Gasteiger partial charge < -0.3 is 14.3 Å². The normalized spacial score (nSPS) is 14.0. The van der Waals surface area contributed by atoms with E-state index < -0.39 is 0 Å². The Bertz CT molecular complexity index is 906. The van der Waals surface area contributed by atoms with Crippen molar-refractivity contribution in [2.24, 2.45) is 0 Å². The molecule has 6 nitrogen and oxygen atoms in total. The Kier molecular flexibility index (Phi) is 3.87. The molecular formula is C19H19N3O3. The van der Waals surface area contributed by atoms with Gasteiger partial charge in [0.1, 0.15) is 5.76 Å². The van der Waals surface area contributed by atoms with E-state index in [2.05, 4.69) is 15.5 Å². The summed E-state index contributed by atoms with van der Waals surface area (Å²) in [5.74, 6) is 2.29. The molecule has 1 fully saturated rings. The van der Waals surface area contributed by atoms with Gasteiger partial charge in [-0.05, 0) is 31.0 Å². The van der Waals surface area contributed by atoms with Gasteiger partial charge in [-0.15, -0.1) is 0 Å². The standard InChI is InChI=1S/C19H19N3O3/c1-11(2)16-15(8-9-24-16)18(23)20-14-5-3-4-13(10-14)17-21-19(25-22-17)12-6-7-12/h3-5,8-12H,6-7H2,1-2H3,(H,20,23). The minimum absolute atomic E-state index is 0.141. The van der Waals surface area contributed by atoms with Gasteiger partial charge in [0.05, 0.1) is 11.8 Å². The van der Waals surface area contributed by atoms with Crippen LogP contribution in [0.2, 0.25) is 0 Å². The lowest BCUT2D eigenvalue weighted by molar-refractivity contribution is 0.102. The molecule has 1 N–H and O–H groups in total. The number of carbonyl (C=O) groups excluding carboxylic acids is 1. The molecule has 0 aliphatic heterocycles. The first kappa shape index (κ1) is 15.6. The number of aromatic nitrogens is 2. The van der Waals surface area contributed by atoms with Crippen molar-refractivity contribution in [2.45, 2.75) is 38.5 Å². The number of anilines is 1. The lowest BCUT2D eigenvalue weighted by Gasteiger charge is -2.08. The van der Waals surface area contributed by atoms with E-state index in [1.54, 1.807) is 12.3 Å². The summed E-state index contributed by atoms with van der Waals surface area (Å²) in [6, 6.07) is 9.12. The molecular weight excluding hydrogens is 318 g/mol. The van der Waals surface area contributed by atoms with Gasteiger partial charge in [-0.25, -0.2) is 0 Å². The predicted molar refractivity (Wildman–Crippen MR) is 92.5 cm³/mol. The monoisotopic (exact) mass is 337 g/mol. The van der Waals surface area contributed by atoms with Crippen molar-refractivity contribution in [1.82, 2.24) is 10.1 Å². The molecule has 1 saturated carbocycles. The minimum Gasteiger partial charge on any atom is -0.468 e. The Hall–Kier alpha value is -2.89. The Morgan fingerprint density at radius 2 is 2.12 bits per heavy atom. The summed E-state index contributed by atoms with van der Waals surface area (Å²) in [7, 11) is 0. The first-order valence-corrected chi connectivity index (χ1v) is 8.44. The van der Waals surface area contributed by atoms with Crippen molar-refractivity contribution in [3.63, 3.8) is 0 Å². The van der Waals surface area contributed by atoms with Gasteiger partial charge in [-0.2, -0.15) is 4.98 Å². The van der Waals surface area contributed by atoms with Crippen molar-refractivity contribution < 1.29 is 13.7 Å². The van der Waals surface area contributed by atoms with Crippen molar-refractivity contribution >= 4 is 11.6 Å². The molecule has 1 amide bonds. The third kappa shape index (κ3) is 3.20. The molecule has 0 unspecified atom stereocenters. The Morgan fingerprint density at radius 1 is 1.28 bits per heavy atom. The smallest absolute Gasteiger partial charge is 0.259 e. The van der Waals surface area contributed by atoms with E-state index in [1.165, 1.54) is 0 Å². The van der Waals surface area contributed by atoms with Gasteiger partial charge in [-0.3, -0.25) is 4.79 Å². The summed E-state index contributed by atoms with van der Waals surface area (Å²) in [6.07, 6.45) is 3.76. The maximum Gasteiger partial charge on any atom is 0.259 e. The largest absolute Gasteiger partial charge is 0.468 e. The highest BCUT2D eigenvalue weighted by Crippen LogP contribution is 2.39. The van der Waals surface area contributed by atoms with E-state index in [9.17, 15) is 4.79 Å². The van der Waals surface area contributed by atoms with Gasteiger partial charge in [0.2, 0.25) is 11.7 Å². The third-order valence-corrected chi connectivity index (χ3v) is 4.21. The average Bonchev–Trinajstić information content (AvgIpc) is 3.13. The highest BCUT2D eigenvalue weighted by molar-refractivity contribution is 6.05. The van der Waals surface area contributed by atoms with Crippen molar-refractivity contribution in [3.8, 4) is 11.4 Å². The second-order valence-electron chi connectivity index (χ2n) is 6.62. The molecule has 0 bridgehead atoms. The summed E-state index contributed by atoms with van der Waals surface area (Å²) >= 11 is 0. The van der Waals surface area contributed by atoms with E-state index in [0.717, 1.165) is 18.4 Å². The third-order valence-electron chi connectivity index (χ3n) is 4.21. The van der Waals surface area contributed by atoms with E-state index in [4.69, 9.17) is 8.94 Å². The summed E-state index contributed by atoms with van der Waals surface area (Å²) in [6.45, 7) is 3.98. The maximum atomic E-state index is 12.5. The molecule has 128 valence electrons. The molecule has 0 spiro atoms. The van der Waals surface area contributed by atoms with E-state index in [1.807, 2.05) is 38.1 Å². The van der Waals surface area contributed by atoms with Crippen molar-refractivity contribution in [3.05, 3.63) is 53.8 Å². The molecule has 0 saturated heterocycles. The van der Waals surface area contributed by atoms with Crippen LogP contribution in [-0.2, 0) is 0 Å². The fourth-order valence-corrected chi connectivity index (χ4v) is 2.74. The van der Waals surface area contributed by atoms with Crippen molar-refractivity contribution in [2.75, 3.05) is 5.32 Å². The quantitative estimate of drug-likeness (QED) is 0.737. The molecule has 0 atom stereocenters. The van der Waals surface area contributed by atoms with E-state index in [-0.39, 0.29) is 11.8 Å². The molecule has 25 heavy (non-hydrogen) atoms. The number of nitrogens with one attached hydrogen (secondary N) is 1. The number of amides is 1. The van der Waals surface area contributed by atoms with Crippen LogP contribution in [0.25, 0.3) is 11.4 Å². The number of furan rings is 1. The molecule has 1 aliphatic rings. The lowest BCUT2D eigenvalue weighted by Crippen LogP contribution is -2.13. The minimum atomic E-state index is -0.193. The van der Waals surface area contributed by atoms with Gasteiger partial charge in [0.15, 0.2) is 0 Å². The SMILES string of the molecule is CC(C)c1occc1C(=O)Nc1cccc(-c2noc(C3CC3)n2)c1. The number of carbonyl (C=O) groups is 1. The average molecular weight is 337 g/mol. The molecule has 4 rings (SSSR count). The maximum absolute atomic E-state index is 12.5. The van der Waals surface area contributed by atoms with Gasteiger partial charge >= 0.3 is 0 Å². The number of rotatable bonds is 5. The van der Waals surface area contributed by atoms with Crippen LogP contribution < -0.4 is 5.32 Å². The summed E-state index contributed by atoms with van der Waals surface area (Å²) in [5.41, 5.74) is 2.04. The van der Waals surface area contributed by atoms with Crippen molar-refractivity contribution in [1.29, 1.82) is 0 Å². The van der Waals surface area contributed by atoms with Crippen LogP contribution in [0.1, 0.15) is 60.5 Å². The fraction of sp³-hybridized carbons (Fsp3) is 0.316. The summed E-state index contributed by atoms with van der Waals surface area (Å²) in [5, 5.41) is 6.95. The van der Waals surface area contributed by atoms with Crippen LogP contribution >= 0.6 is 0 Å². The van der Waals surface area contributed by atoms with E-state index >= 15 is 0 Å². The molecule has 2 aromatic heterocycles. The zero-order valence-corrected chi connectivity index (χ0v) is 14.2. The van der Waals surface area contributed by atoms with Gasteiger partial charge in [0.25, 0.3) is 5.91 Å². The first-order chi connectivity index (χ1) is 12.1. The van der Waals surface area contributed by atoms with Crippen LogP contribution in [0.15, 0.2) is 45.5 Å². The number of nitrogens with zero attached hydrogens (tertiary/aromatic N) is 2. The van der Waals surface area contributed by atoms with Crippen LogP contribution in [0.4, 0.5) is 5.69 Å². The number of hydrogen-bond donors (Lipinski definition) is 1. The van der Waals surface area contributed by atoms with Crippen LogP contribution in [0.3, 0.4) is 0 Å². The van der Waals surface area contributed by atoms with Crippen LogP contribution in [0.5, 0.6) is 0 Å². The Morgan fingerprint density at radius 3 is 2.88 bits per heavy atom. The van der Waals surface area contributed by atoms with Gasteiger partial charge in [-0.1, -0.05) is 31.1 Å². The molecule has 6 heteroatoms. The van der Waals surface area contributed by atoms with E-state index in [0.29, 0.717) is 34.6 Å². The van der Waals surface area contributed by atoms with Crippen LogP contribution in [0, 0.1) is 0 Å². The second-order valence-corrected chi connectivity index (χ2v) is 6.62. The fourth-order valence-electron chi connectivity index (χ4n) is 2.74. The molecule has 0 radical (unpaired) electrons. The first-order valence-electron chi connectivity index (χ1n) is 8.44. The Balaban J connectivity index is 1.54. The second kappa shape index (κ2) is 6.20. The lowest BCUT2D eigenvalue weighted by atomic mass is 10.1. The predicted octanol–water partition coefficient (Wildman–Crippen LogP) is 4.58. The Labute approximate surface area is 145 Å². The summed E-state index contributed by atoms with van der Waals surface area (Å²) in [4.78, 5) is 17.0. The molecule has 3 aromatic rings. The number of hydrogen-bond acceptors (Lipinski definition) is 5. The van der Waals surface area contributed by atoms with Gasteiger partial charge in [0, 0.05) is 23.1 Å². The molecule has 1 aromatic carbocycles. The highest BCUT2D eigenvalue weighted by atomic mass is 16.5.